The molecule has 2 aliphatic rings. The average molecular weight is 356 g/mol. The highest BCUT2D eigenvalue weighted by Crippen LogP contribution is 2.23. The second-order valence-electron chi connectivity index (χ2n) is 7.57. The molecule has 1 unspecified atom stereocenters. The minimum absolute atomic E-state index is 0.0639. The molecule has 7 nitrogen and oxygen atoms in total. The fourth-order valence-corrected chi connectivity index (χ4v) is 4.04. The summed E-state index contributed by atoms with van der Waals surface area (Å²) in [5.41, 5.74) is 4.69. The van der Waals surface area contributed by atoms with Crippen molar-refractivity contribution in [2.24, 2.45) is 0 Å². The van der Waals surface area contributed by atoms with E-state index in [1.54, 1.807) is 9.58 Å². The van der Waals surface area contributed by atoms with E-state index in [9.17, 15) is 4.79 Å². The van der Waals surface area contributed by atoms with Gasteiger partial charge in [-0.1, -0.05) is 0 Å². The monoisotopic (exact) mass is 356 g/mol. The SMILES string of the molecule is CN(Cc1n[nH]c2c1CCCC2)C(=O)Cn1ccc(C2CCCNC2)n1. The summed E-state index contributed by atoms with van der Waals surface area (Å²) in [7, 11) is 1.85. The highest BCUT2D eigenvalue weighted by Gasteiger charge is 2.21. The summed E-state index contributed by atoms with van der Waals surface area (Å²) in [5.74, 6) is 0.530. The van der Waals surface area contributed by atoms with Crippen LogP contribution in [0.5, 0.6) is 0 Å². The van der Waals surface area contributed by atoms with Crippen LogP contribution in [-0.2, 0) is 30.7 Å². The normalized spacial score (nSPS) is 20.0. The summed E-state index contributed by atoms with van der Waals surface area (Å²) in [6.07, 6.45) is 8.86. The van der Waals surface area contributed by atoms with Crippen LogP contribution in [0.25, 0.3) is 0 Å². The number of nitrogens with zero attached hydrogens (tertiary/aromatic N) is 4. The fourth-order valence-electron chi connectivity index (χ4n) is 4.04. The molecule has 7 heteroatoms. The van der Waals surface area contributed by atoms with E-state index in [1.807, 2.05) is 13.2 Å². The van der Waals surface area contributed by atoms with Gasteiger partial charge in [-0.2, -0.15) is 10.2 Å². The molecule has 1 aliphatic heterocycles. The van der Waals surface area contributed by atoms with Crippen molar-refractivity contribution >= 4 is 5.91 Å². The van der Waals surface area contributed by atoms with Gasteiger partial charge in [-0.15, -0.1) is 0 Å². The molecule has 0 saturated carbocycles. The van der Waals surface area contributed by atoms with Gasteiger partial charge in [0.2, 0.25) is 5.91 Å². The number of carbonyl (C=O) groups excluding carboxylic acids is 1. The number of nitrogens with one attached hydrogen (secondary N) is 2. The van der Waals surface area contributed by atoms with E-state index in [4.69, 9.17) is 0 Å². The molecular formula is C19H28N6O. The zero-order valence-electron chi connectivity index (χ0n) is 15.5. The van der Waals surface area contributed by atoms with Gasteiger partial charge in [0, 0.05) is 31.4 Å². The van der Waals surface area contributed by atoms with Gasteiger partial charge in [0.25, 0.3) is 0 Å². The number of aromatic nitrogens is 4. The smallest absolute Gasteiger partial charge is 0.244 e. The largest absolute Gasteiger partial charge is 0.338 e. The molecule has 0 radical (unpaired) electrons. The molecule has 1 aliphatic carbocycles. The van der Waals surface area contributed by atoms with Crippen LogP contribution in [0.1, 0.15) is 54.2 Å². The molecule has 2 N–H and O–H groups in total. The molecular weight excluding hydrogens is 328 g/mol. The van der Waals surface area contributed by atoms with E-state index < -0.39 is 0 Å². The number of carbonyl (C=O) groups is 1. The quantitative estimate of drug-likeness (QED) is 0.853. The van der Waals surface area contributed by atoms with Crippen molar-refractivity contribution in [2.45, 2.75) is 57.5 Å². The van der Waals surface area contributed by atoms with Gasteiger partial charge in [-0.3, -0.25) is 14.6 Å². The van der Waals surface area contributed by atoms with E-state index in [-0.39, 0.29) is 12.5 Å². The van der Waals surface area contributed by atoms with Crippen LogP contribution in [0.3, 0.4) is 0 Å². The summed E-state index contributed by atoms with van der Waals surface area (Å²) in [6.45, 7) is 2.92. The molecule has 3 heterocycles. The Bertz CT molecular complexity index is 758. The van der Waals surface area contributed by atoms with Crippen LogP contribution in [-0.4, -0.2) is 50.9 Å². The maximum absolute atomic E-state index is 12.6. The molecule has 0 spiro atoms. The van der Waals surface area contributed by atoms with Crippen molar-refractivity contribution in [1.29, 1.82) is 0 Å². The lowest BCUT2D eigenvalue weighted by Crippen LogP contribution is -2.31. The Morgan fingerprint density at radius 2 is 2.23 bits per heavy atom. The molecule has 0 aromatic carbocycles. The first-order valence-corrected chi connectivity index (χ1v) is 9.73. The second-order valence-corrected chi connectivity index (χ2v) is 7.57. The van der Waals surface area contributed by atoms with E-state index >= 15 is 0 Å². The van der Waals surface area contributed by atoms with Crippen LogP contribution in [0, 0.1) is 0 Å². The lowest BCUT2D eigenvalue weighted by Gasteiger charge is -2.21. The van der Waals surface area contributed by atoms with E-state index in [0.29, 0.717) is 12.5 Å². The van der Waals surface area contributed by atoms with Crippen LogP contribution >= 0.6 is 0 Å². The molecule has 1 saturated heterocycles. The first-order valence-electron chi connectivity index (χ1n) is 9.73. The van der Waals surface area contributed by atoms with Gasteiger partial charge < -0.3 is 10.2 Å². The minimum atomic E-state index is 0.0639. The number of hydrogen-bond acceptors (Lipinski definition) is 4. The molecule has 26 heavy (non-hydrogen) atoms. The zero-order valence-corrected chi connectivity index (χ0v) is 15.5. The number of fused-ring (bicyclic) bond motifs is 1. The van der Waals surface area contributed by atoms with E-state index in [2.05, 4.69) is 26.7 Å². The first-order chi connectivity index (χ1) is 12.7. The maximum atomic E-state index is 12.6. The molecule has 0 bridgehead atoms. The van der Waals surface area contributed by atoms with Gasteiger partial charge in [0.15, 0.2) is 0 Å². The molecule has 2 aromatic heterocycles. The van der Waals surface area contributed by atoms with Gasteiger partial charge in [-0.25, -0.2) is 0 Å². The van der Waals surface area contributed by atoms with Crippen LogP contribution in [0.4, 0.5) is 0 Å². The number of piperidine rings is 1. The Balaban J connectivity index is 1.35. The summed E-state index contributed by atoms with van der Waals surface area (Å²) >= 11 is 0. The molecule has 1 fully saturated rings. The van der Waals surface area contributed by atoms with Crippen molar-refractivity contribution < 1.29 is 4.79 Å². The summed E-state index contributed by atoms with van der Waals surface area (Å²) < 4.78 is 1.77. The second kappa shape index (κ2) is 7.61. The number of likely N-dealkylation sites (N-methyl/N-ethyl adjacent to an activating group) is 1. The topological polar surface area (TPSA) is 78.8 Å². The van der Waals surface area contributed by atoms with E-state index in [1.165, 1.54) is 36.9 Å². The Kier molecular flexibility index (Phi) is 5.06. The standard InChI is InChI=1S/C19H28N6O/c1-24(12-18-15-6-2-3-7-17(15)21-22-18)19(26)13-25-10-8-16(23-25)14-5-4-9-20-11-14/h8,10,14,20H,2-7,9,11-13H2,1H3,(H,21,22). The van der Waals surface area contributed by atoms with Gasteiger partial charge >= 0.3 is 0 Å². The summed E-state index contributed by atoms with van der Waals surface area (Å²) in [5, 5.41) is 15.6. The van der Waals surface area contributed by atoms with Crippen molar-refractivity contribution in [3.63, 3.8) is 0 Å². The molecule has 1 amide bonds. The molecule has 4 rings (SSSR count). The van der Waals surface area contributed by atoms with Crippen LogP contribution < -0.4 is 5.32 Å². The number of aryl methyl sites for hydroxylation is 1. The number of H-pyrrole nitrogens is 1. The minimum Gasteiger partial charge on any atom is -0.338 e. The first kappa shape index (κ1) is 17.3. The van der Waals surface area contributed by atoms with Gasteiger partial charge in [0.05, 0.1) is 17.9 Å². The number of amides is 1. The third kappa shape index (κ3) is 3.67. The number of rotatable bonds is 5. The Morgan fingerprint density at radius 1 is 1.35 bits per heavy atom. The third-order valence-corrected chi connectivity index (χ3v) is 5.63. The van der Waals surface area contributed by atoms with E-state index in [0.717, 1.165) is 37.3 Å². The summed E-state index contributed by atoms with van der Waals surface area (Å²) in [6, 6.07) is 2.05. The third-order valence-electron chi connectivity index (χ3n) is 5.63. The van der Waals surface area contributed by atoms with Crippen LogP contribution in [0.15, 0.2) is 12.3 Å². The predicted octanol–water partition coefficient (Wildman–Crippen LogP) is 1.61. The highest BCUT2D eigenvalue weighted by atomic mass is 16.2. The van der Waals surface area contributed by atoms with Gasteiger partial charge in [0.1, 0.15) is 6.54 Å². The lowest BCUT2D eigenvalue weighted by atomic mass is 9.96. The van der Waals surface area contributed by atoms with Crippen molar-refractivity contribution in [3.8, 4) is 0 Å². The highest BCUT2D eigenvalue weighted by molar-refractivity contribution is 5.75. The van der Waals surface area contributed by atoms with Gasteiger partial charge in [-0.05, 0) is 56.7 Å². The molecule has 1 atom stereocenters. The summed E-state index contributed by atoms with van der Waals surface area (Å²) in [4.78, 5) is 14.4. The fraction of sp³-hybridized carbons (Fsp3) is 0.632. The number of hydrogen-bond donors (Lipinski definition) is 2. The maximum Gasteiger partial charge on any atom is 0.244 e. The molecule has 2 aromatic rings. The molecule has 140 valence electrons. The number of aromatic amines is 1. The Hall–Kier alpha value is -2.15. The van der Waals surface area contributed by atoms with Crippen LogP contribution in [0.2, 0.25) is 0 Å². The Labute approximate surface area is 154 Å². The van der Waals surface area contributed by atoms with Crippen molar-refractivity contribution in [2.75, 3.05) is 20.1 Å². The lowest BCUT2D eigenvalue weighted by molar-refractivity contribution is -0.131. The Morgan fingerprint density at radius 3 is 3.08 bits per heavy atom. The zero-order chi connectivity index (χ0) is 17.9. The predicted molar refractivity (Wildman–Crippen MR) is 98.8 cm³/mol. The average Bonchev–Trinajstić information content (AvgIpc) is 3.30. The van der Waals surface area contributed by atoms with Crippen molar-refractivity contribution in [3.05, 3.63) is 34.9 Å². The van der Waals surface area contributed by atoms with Crippen molar-refractivity contribution in [1.82, 2.24) is 30.2 Å².